The molecule has 1 aromatic carbocycles. The number of nitrogens with one attached hydrogen (secondary N) is 1. The number of rotatable bonds is 1. The number of aliphatic imine (C=N–C) groups is 1. The van der Waals surface area contributed by atoms with E-state index >= 15 is 0 Å². The number of fused-ring (bicyclic) bond motifs is 1. The summed E-state index contributed by atoms with van der Waals surface area (Å²) in [7, 11) is 0. The SMILES string of the molecule is CC1(C)CN=C(Nc2cccc3cnccc23)SC1. The van der Waals surface area contributed by atoms with Crippen LogP contribution in [0.2, 0.25) is 0 Å². The van der Waals surface area contributed by atoms with Crippen molar-refractivity contribution in [2.45, 2.75) is 13.8 Å². The minimum Gasteiger partial charge on any atom is -0.334 e. The number of pyridine rings is 1. The Morgan fingerprint density at radius 3 is 2.95 bits per heavy atom. The molecule has 0 atom stereocenters. The molecule has 19 heavy (non-hydrogen) atoms. The monoisotopic (exact) mass is 271 g/mol. The number of aromatic nitrogens is 1. The molecule has 1 aliphatic rings. The maximum absolute atomic E-state index is 4.64. The zero-order chi connectivity index (χ0) is 13.3. The van der Waals surface area contributed by atoms with Crippen LogP contribution in [-0.4, -0.2) is 22.4 Å². The zero-order valence-corrected chi connectivity index (χ0v) is 12.0. The summed E-state index contributed by atoms with van der Waals surface area (Å²) in [4.78, 5) is 8.79. The van der Waals surface area contributed by atoms with E-state index in [1.54, 1.807) is 11.8 Å². The molecule has 3 rings (SSSR count). The number of nitrogens with zero attached hydrogens (tertiary/aromatic N) is 2. The van der Waals surface area contributed by atoms with Gasteiger partial charge in [-0.25, -0.2) is 0 Å². The van der Waals surface area contributed by atoms with Gasteiger partial charge in [-0.15, -0.1) is 0 Å². The van der Waals surface area contributed by atoms with Crippen LogP contribution in [0.1, 0.15) is 13.8 Å². The highest BCUT2D eigenvalue weighted by Crippen LogP contribution is 2.30. The lowest BCUT2D eigenvalue weighted by atomic mass is 9.97. The van der Waals surface area contributed by atoms with Crippen LogP contribution in [0.3, 0.4) is 0 Å². The lowest BCUT2D eigenvalue weighted by Gasteiger charge is -2.27. The summed E-state index contributed by atoms with van der Waals surface area (Å²) in [5.74, 6) is 1.10. The Labute approximate surface area is 117 Å². The molecular formula is C15H17N3S. The molecule has 0 fully saturated rings. The van der Waals surface area contributed by atoms with E-state index in [0.29, 0.717) is 5.41 Å². The molecule has 1 aliphatic heterocycles. The van der Waals surface area contributed by atoms with Crippen molar-refractivity contribution in [1.82, 2.24) is 4.98 Å². The number of hydrogen-bond acceptors (Lipinski definition) is 4. The minimum absolute atomic E-state index is 0.304. The van der Waals surface area contributed by atoms with Crippen molar-refractivity contribution < 1.29 is 0 Å². The van der Waals surface area contributed by atoms with Crippen LogP contribution in [0.5, 0.6) is 0 Å². The van der Waals surface area contributed by atoms with Crippen molar-refractivity contribution in [2.75, 3.05) is 17.6 Å². The van der Waals surface area contributed by atoms with Crippen LogP contribution in [0.25, 0.3) is 10.8 Å². The second-order valence-electron chi connectivity index (χ2n) is 5.60. The first kappa shape index (κ1) is 12.5. The third-order valence-electron chi connectivity index (χ3n) is 3.17. The summed E-state index contributed by atoms with van der Waals surface area (Å²) >= 11 is 1.80. The molecule has 0 bridgehead atoms. The van der Waals surface area contributed by atoms with Crippen LogP contribution < -0.4 is 5.32 Å². The summed E-state index contributed by atoms with van der Waals surface area (Å²) in [6.45, 7) is 5.39. The molecule has 1 N–H and O–H groups in total. The van der Waals surface area contributed by atoms with Crippen LogP contribution >= 0.6 is 11.8 Å². The lowest BCUT2D eigenvalue weighted by Crippen LogP contribution is -2.27. The van der Waals surface area contributed by atoms with Crippen molar-refractivity contribution in [3.63, 3.8) is 0 Å². The average molecular weight is 271 g/mol. The van der Waals surface area contributed by atoms with Gasteiger partial charge in [0.1, 0.15) is 0 Å². The first-order chi connectivity index (χ1) is 9.14. The van der Waals surface area contributed by atoms with E-state index < -0.39 is 0 Å². The standard InChI is InChI=1S/C15H17N3S/c1-15(2)9-17-14(19-10-15)18-13-5-3-4-11-8-16-7-6-12(11)13/h3-8H,9-10H2,1-2H3,(H,17,18). The smallest absolute Gasteiger partial charge is 0.161 e. The predicted octanol–water partition coefficient (Wildman–Crippen LogP) is 3.78. The minimum atomic E-state index is 0.304. The van der Waals surface area contributed by atoms with E-state index in [-0.39, 0.29) is 0 Å². The van der Waals surface area contributed by atoms with Gasteiger partial charge in [0, 0.05) is 41.2 Å². The van der Waals surface area contributed by atoms with Gasteiger partial charge in [0.05, 0.1) is 0 Å². The van der Waals surface area contributed by atoms with Gasteiger partial charge in [-0.05, 0) is 17.5 Å². The highest BCUT2D eigenvalue weighted by molar-refractivity contribution is 8.14. The molecule has 0 amide bonds. The third-order valence-corrected chi connectivity index (χ3v) is 4.60. The first-order valence-electron chi connectivity index (χ1n) is 6.41. The Morgan fingerprint density at radius 1 is 1.26 bits per heavy atom. The van der Waals surface area contributed by atoms with E-state index in [0.717, 1.165) is 28.5 Å². The highest BCUT2D eigenvalue weighted by atomic mass is 32.2. The van der Waals surface area contributed by atoms with Crippen LogP contribution in [-0.2, 0) is 0 Å². The maximum atomic E-state index is 4.64. The Morgan fingerprint density at radius 2 is 2.16 bits per heavy atom. The Kier molecular flexibility index (Phi) is 3.19. The van der Waals surface area contributed by atoms with Crippen LogP contribution in [0, 0.1) is 5.41 Å². The first-order valence-corrected chi connectivity index (χ1v) is 7.40. The molecule has 0 unspecified atom stereocenters. The van der Waals surface area contributed by atoms with Gasteiger partial charge >= 0.3 is 0 Å². The fraction of sp³-hybridized carbons (Fsp3) is 0.333. The van der Waals surface area contributed by atoms with Gasteiger partial charge < -0.3 is 5.32 Å². The molecule has 2 aromatic rings. The quantitative estimate of drug-likeness (QED) is 0.857. The molecule has 0 radical (unpaired) electrons. The fourth-order valence-electron chi connectivity index (χ4n) is 2.06. The number of thioether (sulfide) groups is 1. The van der Waals surface area contributed by atoms with E-state index in [2.05, 4.69) is 41.3 Å². The molecule has 0 spiro atoms. The number of anilines is 1. The number of amidine groups is 1. The summed E-state index contributed by atoms with van der Waals surface area (Å²) in [5.41, 5.74) is 1.41. The predicted molar refractivity (Wildman–Crippen MR) is 83.9 cm³/mol. The van der Waals surface area contributed by atoms with E-state index in [4.69, 9.17) is 0 Å². The molecule has 2 heterocycles. The van der Waals surface area contributed by atoms with Gasteiger partial charge in [-0.2, -0.15) is 0 Å². The van der Waals surface area contributed by atoms with Gasteiger partial charge in [-0.1, -0.05) is 37.7 Å². The van der Waals surface area contributed by atoms with Gasteiger partial charge in [0.15, 0.2) is 5.17 Å². The van der Waals surface area contributed by atoms with E-state index in [1.165, 1.54) is 5.39 Å². The fourth-order valence-corrected chi connectivity index (χ4v) is 3.02. The number of benzene rings is 1. The summed E-state index contributed by atoms with van der Waals surface area (Å²) in [6.07, 6.45) is 3.71. The molecule has 0 saturated carbocycles. The second-order valence-corrected chi connectivity index (χ2v) is 6.57. The average Bonchev–Trinajstić information content (AvgIpc) is 2.42. The molecule has 3 nitrogen and oxygen atoms in total. The summed E-state index contributed by atoms with van der Waals surface area (Å²) in [5, 5.41) is 6.80. The molecule has 0 aliphatic carbocycles. The third kappa shape index (κ3) is 2.73. The van der Waals surface area contributed by atoms with Crippen LogP contribution in [0.4, 0.5) is 5.69 Å². The van der Waals surface area contributed by atoms with Crippen molar-refractivity contribution in [2.24, 2.45) is 10.4 Å². The van der Waals surface area contributed by atoms with E-state index in [9.17, 15) is 0 Å². The second kappa shape index (κ2) is 4.85. The Hall–Kier alpha value is -1.55. The van der Waals surface area contributed by atoms with Crippen LogP contribution in [0.15, 0.2) is 41.7 Å². The topological polar surface area (TPSA) is 37.3 Å². The van der Waals surface area contributed by atoms with Crippen molar-refractivity contribution in [1.29, 1.82) is 0 Å². The molecule has 98 valence electrons. The van der Waals surface area contributed by atoms with Gasteiger partial charge in [0.25, 0.3) is 0 Å². The summed E-state index contributed by atoms with van der Waals surface area (Å²) in [6, 6.07) is 8.25. The van der Waals surface area contributed by atoms with E-state index in [1.807, 2.05) is 24.5 Å². The molecule has 1 aromatic heterocycles. The van der Waals surface area contributed by atoms with Gasteiger partial charge in [-0.3, -0.25) is 9.98 Å². The molecule has 4 heteroatoms. The van der Waals surface area contributed by atoms with Gasteiger partial charge in [0.2, 0.25) is 0 Å². The Balaban J connectivity index is 1.88. The lowest BCUT2D eigenvalue weighted by molar-refractivity contribution is 0.438. The zero-order valence-electron chi connectivity index (χ0n) is 11.2. The molecular weight excluding hydrogens is 254 g/mol. The van der Waals surface area contributed by atoms with Crippen molar-refractivity contribution in [3.8, 4) is 0 Å². The Bertz CT molecular complexity index is 629. The maximum Gasteiger partial charge on any atom is 0.161 e. The highest BCUT2D eigenvalue weighted by Gasteiger charge is 2.23. The summed E-state index contributed by atoms with van der Waals surface area (Å²) < 4.78 is 0. The molecule has 0 saturated heterocycles. The number of hydrogen-bond donors (Lipinski definition) is 1. The van der Waals surface area contributed by atoms with Crippen molar-refractivity contribution in [3.05, 3.63) is 36.7 Å². The normalized spacial score (nSPS) is 18.1. The van der Waals surface area contributed by atoms with Crippen molar-refractivity contribution >= 4 is 33.4 Å². The largest absolute Gasteiger partial charge is 0.334 e.